The van der Waals surface area contributed by atoms with Crippen LogP contribution in [0.2, 0.25) is 0 Å². The first-order valence-electron chi connectivity index (χ1n) is 17.6. The molecule has 0 fully saturated rings. The van der Waals surface area contributed by atoms with E-state index in [1.165, 1.54) is 89.1 Å². The first kappa shape index (κ1) is 39.7. The summed E-state index contributed by atoms with van der Waals surface area (Å²) in [5, 5.41) is 13.5. The summed E-state index contributed by atoms with van der Waals surface area (Å²) in [6.07, 6.45) is 19.4. The average molecular weight is 688 g/mol. The van der Waals surface area contributed by atoms with Crippen LogP contribution >= 0.6 is 8.60 Å². The molecule has 3 aromatic rings. The van der Waals surface area contributed by atoms with Crippen LogP contribution in [0.5, 0.6) is 0 Å². The average Bonchev–Trinajstić information content (AvgIpc) is 3.51. The number of unbranched alkanes of at least 4 members (excludes halogenated alkanes) is 12. The number of nitrogen functional groups attached to an aromatic ring is 1. The molecule has 3 unspecified atom stereocenters. The molecule has 2 heterocycles. The maximum Gasteiger partial charge on any atom is 0.330 e. The van der Waals surface area contributed by atoms with Crippen molar-refractivity contribution in [3.8, 4) is 6.07 Å². The van der Waals surface area contributed by atoms with E-state index in [-0.39, 0.29) is 37.6 Å². The number of methoxy groups -OCH3 is 1. The second kappa shape index (κ2) is 23.6. The third-order valence-corrected chi connectivity index (χ3v) is 9.30. The monoisotopic (exact) mass is 687 g/mol. The van der Waals surface area contributed by atoms with Gasteiger partial charge in [-0.3, -0.25) is 0 Å². The number of hydrogen-bond acceptors (Lipinski definition) is 9. The molecule has 1 aromatic carbocycles. The highest BCUT2D eigenvalue weighted by molar-refractivity contribution is 7.40. The third-order valence-electron chi connectivity index (χ3n) is 8.56. The minimum absolute atomic E-state index is 0.135. The lowest BCUT2D eigenvalue weighted by Crippen LogP contribution is -2.21. The Morgan fingerprint density at radius 1 is 0.917 bits per heavy atom. The smallest absolute Gasteiger partial charge is 0.330 e. The maximum absolute atomic E-state index is 14.0. The summed E-state index contributed by atoms with van der Waals surface area (Å²) in [6, 6.07) is 10.0. The number of fused-ring (bicyclic) bond motifs is 1. The van der Waals surface area contributed by atoms with Crippen LogP contribution in [0.3, 0.4) is 0 Å². The Labute approximate surface area is 287 Å². The normalized spacial score (nSPS) is 13.5. The van der Waals surface area contributed by atoms with Gasteiger partial charge in [0.2, 0.25) is 0 Å². The van der Waals surface area contributed by atoms with Crippen LogP contribution in [-0.4, -0.2) is 52.0 Å². The Morgan fingerprint density at radius 2 is 1.56 bits per heavy atom. The van der Waals surface area contributed by atoms with Gasteiger partial charge in [-0.05, 0) is 55.2 Å². The van der Waals surface area contributed by atoms with Gasteiger partial charge in [-0.15, -0.1) is 0 Å². The molecular weight excluding hydrogens is 632 g/mol. The van der Waals surface area contributed by atoms with Crippen molar-refractivity contribution in [2.45, 2.75) is 128 Å². The number of ether oxygens (including phenoxy) is 2. The molecule has 2 aromatic heterocycles. The highest BCUT2D eigenvalue weighted by atomic mass is 31.2. The van der Waals surface area contributed by atoms with Gasteiger partial charge in [0.25, 0.3) is 0 Å². The van der Waals surface area contributed by atoms with Crippen molar-refractivity contribution in [2.24, 2.45) is 0 Å². The van der Waals surface area contributed by atoms with E-state index >= 15 is 0 Å². The van der Waals surface area contributed by atoms with Crippen LogP contribution in [0.1, 0.15) is 120 Å². The lowest BCUT2D eigenvalue weighted by atomic mass is 10.0. The number of hydrogen-bond donors (Lipinski definition) is 2. The van der Waals surface area contributed by atoms with Crippen LogP contribution in [0.25, 0.3) is 5.52 Å². The van der Waals surface area contributed by atoms with Gasteiger partial charge in [-0.1, -0.05) is 90.4 Å². The number of nitriles is 1. The quantitative estimate of drug-likeness (QED) is 0.0596. The summed E-state index contributed by atoms with van der Waals surface area (Å²) in [7, 11) is -0.554. The Bertz CT molecular complexity index is 1360. The maximum atomic E-state index is 14.0. The highest BCUT2D eigenvalue weighted by Gasteiger charge is 2.18. The van der Waals surface area contributed by atoms with Gasteiger partial charge in [-0.25, -0.2) is 13.9 Å². The fourth-order valence-corrected chi connectivity index (χ4v) is 6.38. The first-order chi connectivity index (χ1) is 23.4. The van der Waals surface area contributed by atoms with E-state index in [1.807, 2.05) is 18.2 Å². The topological polar surface area (TPSA) is 137 Å². The zero-order valence-corrected chi connectivity index (χ0v) is 29.7. The fourth-order valence-electron chi connectivity index (χ4n) is 5.72. The summed E-state index contributed by atoms with van der Waals surface area (Å²) in [6.45, 7) is 2.68. The van der Waals surface area contributed by atoms with Crippen molar-refractivity contribution in [1.29, 1.82) is 5.26 Å². The van der Waals surface area contributed by atoms with Crippen molar-refractivity contribution in [3.63, 3.8) is 0 Å². The molecule has 0 radical (unpaired) electrons. The number of benzene rings is 1. The minimum atomic E-state index is -2.16. The Morgan fingerprint density at radius 3 is 2.21 bits per heavy atom. The number of anilines is 1. The lowest BCUT2D eigenvalue weighted by molar-refractivity contribution is -0.00535. The summed E-state index contributed by atoms with van der Waals surface area (Å²) >= 11 is 0. The van der Waals surface area contributed by atoms with Crippen molar-refractivity contribution >= 4 is 19.9 Å². The molecule has 0 bridgehead atoms. The van der Waals surface area contributed by atoms with Gasteiger partial charge >= 0.3 is 8.60 Å². The number of nitrogens with two attached hydrogens (primary N) is 1. The predicted octanol–water partition coefficient (Wildman–Crippen LogP) is 8.59. The van der Waals surface area contributed by atoms with Gasteiger partial charge < -0.3 is 29.1 Å². The zero-order valence-electron chi connectivity index (χ0n) is 28.8. The zero-order chi connectivity index (χ0) is 34.4. The molecule has 3 atom stereocenters. The largest absolute Gasteiger partial charge is 0.382 e. The van der Waals surface area contributed by atoms with E-state index in [0.29, 0.717) is 24.2 Å². The molecule has 3 rings (SSSR count). The van der Waals surface area contributed by atoms with Crippen LogP contribution in [0.15, 0.2) is 36.7 Å². The number of halogens is 1. The third kappa shape index (κ3) is 15.2. The summed E-state index contributed by atoms with van der Waals surface area (Å²) in [5.41, 5.74) is 8.49. The first-order valence-corrected chi connectivity index (χ1v) is 18.7. The summed E-state index contributed by atoms with van der Waals surface area (Å²) in [5.74, 6) is -0.0513. The molecule has 0 aliphatic carbocycles. The van der Waals surface area contributed by atoms with Gasteiger partial charge in [-0.2, -0.15) is 10.4 Å². The van der Waals surface area contributed by atoms with Crippen LogP contribution in [0, 0.1) is 17.1 Å². The Balaban J connectivity index is 1.39. The summed E-state index contributed by atoms with van der Waals surface area (Å²) in [4.78, 5) is 14.6. The number of rotatable bonds is 27. The van der Waals surface area contributed by atoms with E-state index < -0.39 is 14.4 Å². The van der Waals surface area contributed by atoms with E-state index in [9.17, 15) is 14.5 Å². The number of aromatic nitrogens is 3. The molecule has 12 heteroatoms. The predicted molar refractivity (Wildman–Crippen MR) is 188 cm³/mol. The standard InChI is InChI=1S/C36H55FN5O5P/c1-3-4-5-6-7-8-9-10-11-12-13-14-15-16-34(45-25-30-21-29(24-38)22-31(37)23-30)27-47-48(43)46-26-33(44-2)19-17-32-18-20-35-36(39)40-28-41-42(32)35/h18,20-23,28,33-34,43H,3-17,19,25-27H2,1-2H3,(H2,39,40,41). The van der Waals surface area contributed by atoms with Gasteiger partial charge in [0.15, 0.2) is 5.82 Å². The molecule has 266 valence electrons. The molecule has 0 saturated carbocycles. The van der Waals surface area contributed by atoms with E-state index in [2.05, 4.69) is 17.0 Å². The van der Waals surface area contributed by atoms with E-state index in [0.717, 1.165) is 30.5 Å². The van der Waals surface area contributed by atoms with E-state index in [4.69, 9.17) is 24.3 Å². The molecule has 0 spiro atoms. The molecular formula is C36H55FN5O5P. The second-order valence-corrected chi connectivity index (χ2v) is 13.4. The molecule has 0 amide bonds. The van der Waals surface area contributed by atoms with Crippen LogP contribution in [-0.2, 0) is 31.5 Å². The molecule has 0 aliphatic rings. The van der Waals surface area contributed by atoms with Crippen molar-refractivity contribution in [2.75, 3.05) is 26.1 Å². The van der Waals surface area contributed by atoms with Crippen molar-refractivity contribution in [3.05, 3.63) is 59.3 Å². The van der Waals surface area contributed by atoms with Gasteiger partial charge in [0.1, 0.15) is 17.7 Å². The molecule has 48 heavy (non-hydrogen) atoms. The van der Waals surface area contributed by atoms with Gasteiger partial charge in [0, 0.05) is 12.8 Å². The van der Waals surface area contributed by atoms with Crippen LogP contribution < -0.4 is 5.73 Å². The van der Waals surface area contributed by atoms with Crippen molar-refractivity contribution in [1.82, 2.24) is 14.6 Å². The highest BCUT2D eigenvalue weighted by Crippen LogP contribution is 2.34. The fraction of sp³-hybridized carbons (Fsp3) is 0.639. The molecule has 10 nitrogen and oxygen atoms in total. The molecule has 3 N–H and O–H groups in total. The van der Waals surface area contributed by atoms with Crippen molar-refractivity contribution < 1.29 is 27.8 Å². The Hall–Kier alpha value is -2.71. The van der Waals surface area contributed by atoms with E-state index in [1.54, 1.807) is 17.7 Å². The van der Waals surface area contributed by atoms with Gasteiger partial charge in [0.05, 0.1) is 43.7 Å². The lowest BCUT2D eigenvalue weighted by Gasteiger charge is -2.21. The molecule has 0 aliphatic heterocycles. The molecule has 0 saturated heterocycles. The number of aryl methyl sites for hydroxylation is 1. The number of nitrogens with zero attached hydrogens (tertiary/aromatic N) is 4. The SMILES string of the molecule is CCCCCCCCCCCCCCCC(COP(O)OCC(CCc1ccc2c(N)ncnn12)OC)OCc1cc(F)cc(C#N)c1. The Kier molecular flexibility index (Phi) is 19.5. The minimum Gasteiger partial charge on any atom is -0.382 e. The second-order valence-electron chi connectivity index (χ2n) is 12.4. The van der Waals surface area contributed by atoms with Crippen LogP contribution in [0.4, 0.5) is 10.2 Å². The summed E-state index contributed by atoms with van der Waals surface area (Å²) < 4.78 is 38.8.